The van der Waals surface area contributed by atoms with Crippen molar-refractivity contribution in [1.29, 1.82) is 0 Å². The molecule has 0 amide bonds. The number of nitrogens with one attached hydrogen (secondary N) is 2. The maximum atomic E-state index is 9.92. The molecule has 3 rings (SSSR count). The Morgan fingerprint density at radius 2 is 1.91 bits per heavy atom. The minimum absolute atomic E-state index is 0.0231. The molecule has 3 aromatic rings. The first-order valence-corrected chi connectivity index (χ1v) is 7.69. The van der Waals surface area contributed by atoms with Gasteiger partial charge in [0.1, 0.15) is 0 Å². The van der Waals surface area contributed by atoms with Gasteiger partial charge in [-0.05, 0) is 42.4 Å². The average molecular weight is 324 g/mol. The Bertz CT molecular complexity index is 868. The number of rotatable bonds is 3. The summed E-state index contributed by atoms with van der Waals surface area (Å²) in [6.45, 7) is 2.11. The number of aromatic hydroxyl groups is 1. The third-order valence-electron chi connectivity index (χ3n) is 3.51. The van der Waals surface area contributed by atoms with Crippen LogP contribution >= 0.6 is 12.2 Å². The second kappa shape index (κ2) is 6.58. The van der Waals surface area contributed by atoms with Crippen molar-refractivity contribution in [3.05, 3.63) is 54.1 Å². The van der Waals surface area contributed by atoms with E-state index in [0.717, 1.165) is 23.0 Å². The molecule has 0 saturated heterocycles. The van der Waals surface area contributed by atoms with Gasteiger partial charge in [-0.3, -0.25) is 0 Å². The molecule has 0 fully saturated rings. The zero-order chi connectivity index (χ0) is 16.2. The van der Waals surface area contributed by atoms with E-state index < -0.39 is 0 Å². The standard InChI is InChI=1S/C17H16N4OS/c1-2-11-7-9-12(10-8-11)18-17(23)21-20-15-13-5-3-4-6-14(13)19-16(15)22/h3-10,19,22H,2H2,1H3,(H,18,23). The number of azo groups is 1. The van der Waals surface area contributed by atoms with Crippen LogP contribution in [0.2, 0.25) is 0 Å². The third kappa shape index (κ3) is 3.37. The second-order valence-corrected chi connectivity index (χ2v) is 5.44. The zero-order valence-corrected chi connectivity index (χ0v) is 13.4. The molecule has 3 N–H and O–H groups in total. The molecule has 0 aliphatic carbocycles. The van der Waals surface area contributed by atoms with Gasteiger partial charge in [0.05, 0.1) is 5.52 Å². The minimum Gasteiger partial charge on any atom is -0.493 e. The van der Waals surface area contributed by atoms with Crippen LogP contribution in [0.25, 0.3) is 10.9 Å². The molecule has 0 aliphatic heterocycles. The first-order chi connectivity index (χ1) is 11.2. The number of benzene rings is 2. The molecule has 1 heterocycles. The number of H-pyrrole nitrogens is 1. The van der Waals surface area contributed by atoms with Crippen LogP contribution in [0.3, 0.4) is 0 Å². The van der Waals surface area contributed by atoms with Gasteiger partial charge in [0, 0.05) is 11.1 Å². The highest BCUT2D eigenvalue weighted by Crippen LogP contribution is 2.35. The number of nitrogens with zero attached hydrogens (tertiary/aromatic N) is 2. The molecule has 0 bridgehead atoms. The quantitative estimate of drug-likeness (QED) is 0.473. The van der Waals surface area contributed by atoms with Gasteiger partial charge in [-0.15, -0.1) is 10.2 Å². The first-order valence-electron chi connectivity index (χ1n) is 7.28. The summed E-state index contributed by atoms with van der Waals surface area (Å²) in [5.41, 5.74) is 3.29. The number of aromatic nitrogens is 1. The van der Waals surface area contributed by atoms with Crippen LogP contribution in [0.15, 0.2) is 58.8 Å². The lowest BCUT2D eigenvalue weighted by atomic mass is 10.1. The normalized spacial score (nSPS) is 11.2. The Morgan fingerprint density at radius 3 is 2.65 bits per heavy atom. The first kappa shape index (κ1) is 15.2. The van der Waals surface area contributed by atoms with Crippen molar-refractivity contribution in [3.63, 3.8) is 0 Å². The van der Waals surface area contributed by atoms with E-state index in [1.807, 2.05) is 48.5 Å². The number of aryl methyl sites for hydroxylation is 1. The van der Waals surface area contributed by atoms with Crippen LogP contribution in [0, 0.1) is 0 Å². The molecule has 0 saturated carbocycles. The molecule has 2 aromatic carbocycles. The summed E-state index contributed by atoms with van der Waals surface area (Å²) in [5.74, 6) is -0.0231. The maximum absolute atomic E-state index is 9.92. The molecule has 0 unspecified atom stereocenters. The molecular formula is C17H16N4OS. The Kier molecular flexibility index (Phi) is 4.34. The van der Waals surface area contributed by atoms with E-state index in [1.54, 1.807) is 0 Å². The predicted octanol–water partition coefficient (Wildman–Crippen LogP) is 4.92. The van der Waals surface area contributed by atoms with Crippen molar-refractivity contribution in [2.75, 3.05) is 5.32 Å². The summed E-state index contributed by atoms with van der Waals surface area (Å²) in [4.78, 5) is 2.85. The summed E-state index contributed by atoms with van der Waals surface area (Å²) in [5, 5.41) is 22.0. The fourth-order valence-corrected chi connectivity index (χ4v) is 2.44. The van der Waals surface area contributed by atoms with Gasteiger partial charge in [-0.1, -0.05) is 37.3 Å². The van der Waals surface area contributed by atoms with Crippen LogP contribution < -0.4 is 5.32 Å². The largest absolute Gasteiger partial charge is 0.493 e. The molecule has 116 valence electrons. The Morgan fingerprint density at radius 1 is 1.17 bits per heavy atom. The molecular weight excluding hydrogens is 308 g/mol. The lowest BCUT2D eigenvalue weighted by Crippen LogP contribution is -2.04. The summed E-state index contributed by atoms with van der Waals surface area (Å²) < 4.78 is 0. The Balaban J connectivity index is 1.75. The van der Waals surface area contributed by atoms with Crippen LogP contribution in [0.5, 0.6) is 5.88 Å². The smallest absolute Gasteiger partial charge is 0.218 e. The number of para-hydroxylation sites is 1. The number of hydrogen-bond acceptors (Lipinski definition) is 3. The molecule has 23 heavy (non-hydrogen) atoms. The molecule has 0 atom stereocenters. The number of hydrogen-bond donors (Lipinski definition) is 3. The monoisotopic (exact) mass is 324 g/mol. The Hall–Kier alpha value is -2.73. The molecule has 5 nitrogen and oxygen atoms in total. The zero-order valence-electron chi connectivity index (χ0n) is 12.6. The SMILES string of the molecule is CCc1ccc(NC(=S)N=Nc2c(O)[nH]c3ccccc23)cc1. The van der Waals surface area contributed by atoms with Crippen LogP contribution in [-0.2, 0) is 6.42 Å². The van der Waals surface area contributed by atoms with Crippen molar-refractivity contribution < 1.29 is 5.11 Å². The fourth-order valence-electron chi connectivity index (χ4n) is 2.28. The highest BCUT2D eigenvalue weighted by atomic mass is 32.1. The van der Waals surface area contributed by atoms with Crippen LogP contribution in [0.4, 0.5) is 11.4 Å². The van der Waals surface area contributed by atoms with E-state index in [1.165, 1.54) is 5.56 Å². The van der Waals surface area contributed by atoms with Crippen LogP contribution in [0.1, 0.15) is 12.5 Å². The Labute approximate surface area is 139 Å². The topological polar surface area (TPSA) is 72.8 Å². The van der Waals surface area contributed by atoms with Gasteiger partial charge in [0.15, 0.2) is 5.69 Å². The van der Waals surface area contributed by atoms with Gasteiger partial charge >= 0.3 is 0 Å². The van der Waals surface area contributed by atoms with E-state index in [2.05, 4.69) is 27.5 Å². The molecule has 6 heteroatoms. The van der Waals surface area contributed by atoms with Crippen LogP contribution in [-0.4, -0.2) is 15.2 Å². The van der Waals surface area contributed by atoms with Crippen molar-refractivity contribution >= 4 is 39.6 Å². The summed E-state index contributed by atoms with van der Waals surface area (Å²) in [6, 6.07) is 15.4. The van der Waals surface area contributed by atoms with E-state index in [0.29, 0.717) is 5.69 Å². The second-order valence-electron chi connectivity index (χ2n) is 5.05. The highest BCUT2D eigenvalue weighted by Gasteiger charge is 2.09. The van der Waals surface area contributed by atoms with E-state index >= 15 is 0 Å². The summed E-state index contributed by atoms with van der Waals surface area (Å²) in [6.07, 6.45) is 0.990. The van der Waals surface area contributed by atoms with E-state index in [4.69, 9.17) is 12.2 Å². The number of thiocarbonyl (C=S) groups is 1. The number of anilines is 1. The van der Waals surface area contributed by atoms with Crippen molar-refractivity contribution in [1.82, 2.24) is 4.98 Å². The molecule has 0 aliphatic rings. The lowest BCUT2D eigenvalue weighted by molar-refractivity contribution is 0.459. The maximum Gasteiger partial charge on any atom is 0.218 e. The number of fused-ring (bicyclic) bond motifs is 1. The number of aromatic amines is 1. The van der Waals surface area contributed by atoms with Gasteiger partial charge in [0.25, 0.3) is 0 Å². The van der Waals surface area contributed by atoms with Crippen molar-refractivity contribution in [2.24, 2.45) is 10.2 Å². The fraction of sp³-hybridized carbons (Fsp3) is 0.118. The molecule has 1 aromatic heterocycles. The summed E-state index contributed by atoms with van der Waals surface area (Å²) >= 11 is 5.17. The van der Waals surface area contributed by atoms with E-state index in [-0.39, 0.29) is 11.0 Å². The van der Waals surface area contributed by atoms with Gasteiger partial charge < -0.3 is 15.4 Å². The van der Waals surface area contributed by atoms with Gasteiger partial charge in [-0.2, -0.15) is 0 Å². The van der Waals surface area contributed by atoms with Gasteiger partial charge in [-0.25, -0.2) is 0 Å². The highest BCUT2D eigenvalue weighted by molar-refractivity contribution is 7.80. The van der Waals surface area contributed by atoms with Crippen molar-refractivity contribution in [3.8, 4) is 5.88 Å². The summed E-state index contributed by atoms with van der Waals surface area (Å²) in [7, 11) is 0. The van der Waals surface area contributed by atoms with Crippen molar-refractivity contribution in [2.45, 2.75) is 13.3 Å². The molecule has 0 spiro atoms. The third-order valence-corrected chi connectivity index (χ3v) is 3.70. The average Bonchev–Trinajstić information content (AvgIpc) is 2.89. The van der Waals surface area contributed by atoms with Gasteiger partial charge in [0.2, 0.25) is 11.0 Å². The minimum atomic E-state index is -0.0231. The molecule has 0 radical (unpaired) electrons. The predicted molar refractivity (Wildman–Crippen MR) is 96.5 cm³/mol. The van der Waals surface area contributed by atoms with E-state index in [9.17, 15) is 5.11 Å². The lowest BCUT2D eigenvalue weighted by Gasteiger charge is -2.03.